The number of thiophene rings is 1. The third kappa shape index (κ3) is 2.37. The van der Waals surface area contributed by atoms with E-state index in [9.17, 15) is 4.79 Å². The summed E-state index contributed by atoms with van der Waals surface area (Å²) in [5.41, 5.74) is 0. The van der Waals surface area contributed by atoms with Gasteiger partial charge in [0.2, 0.25) is 0 Å². The van der Waals surface area contributed by atoms with Gasteiger partial charge < -0.3 is 0 Å². The Balaban J connectivity index is 2.14. The predicted octanol–water partition coefficient (Wildman–Crippen LogP) is 2.95. The van der Waals surface area contributed by atoms with Gasteiger partial charge in [0, 0.05) is 24.3 Å². The molecule has 2 rings (SSSR count). The highest BCUT2D eigenvalue weighted by Crippen LogP contribution is 2.28. The van der Waals surface area contributed by atoms with E-state index < -0.39 is 0 Å². The lowest BCUT2D eigenvalue weighted by atomic mass is 10.4. The molecule has 0 bridgehead atoms. The summed E-state index contributed by atoms with van der Waals surface area (Å²) in [5.74, 6) is -0.264. The second-order valence-corrected chi connectivity index (χ2v) is 5.10. The number of carbonyl (C=O) groups is 1. The molecule has 0 fully saturated rings. The van der Waals surface area contributed by atoms with Gasteiger partial charge in [0.1, 0.15) is 0 Å². The number of amides is 1. The summed E-state index contributed by atoms with van der Waals surface area (Å²) in [7, 11) is 0. The van der Waals surface area contributed by atoms with Crippen molar-refractivity contribution in [2.45, 2.75) is 4.21 Å². The fourth-order valence-electron chi connectivity index (χ4n) is 1.05. The van der Waals surface area contributed by atoms with E-state index in [2.05, 4.69) is 11.7 Å². The number of nitrogens with zero attached hydrogens (tertiary/aromatic N) is 2. The van der Waals surface area contributed by atoms with Crippen LogP contribution >= 0.6 is 23.3 Å². The van der Waals surface area contributed by atoms with Crippen LogP contribution in [0.3, 0.4) is 0 Å². The maximum Gasteiger partial charge on any atom is 0.286 e. The second kappa shape index (κ2) is 4.46. The van der Waals surface area contributed by atoms with Gasteiger partial charge in [0.15, 0.2) is 0 Å². The van der Waals surface area contributed by atoms with E-state index in [4.69, 9.17) is 0 Å². The van der Waals surface area contributed by atoms with Crippen molar-refractivity contribution in [2.24, 2.45) is 4.99 Å². The Morgan fingerprint density at radius 2 is 2.13 bits per heavy atom. The van der Waals surface area contributed by atoms with E-state index in [1.54, 1.807) is 18.0 Å². The third-order valence-electron chi connectivity index (χ3n) is 1.71. The van der Waals surface area contributed by atoms with Gasteiger partial charge in [-0.05, 0) is 31.0 Å². The molecule has 0 aliphatic heterocycles. The molecule has 0 atom stereocenters. The minimum atomic E-state index is -0.264. The molecule has 2 aromatic rings. The molecular formula is C10H8N2OS2. The van der Waals surface area contributed by atoms with Crippen LogP contribution in [0.5, 0.6) is 0 Å². The van der Waals surface area contributed by atoms with E-state index in [1.165, 1.54) is 11.3 Å². The average molecular weight is 236 g/mol. The smallest absolute Gasteiger partial charge is 0.286 e. The molecule has 0 spiro atoms. The van der Waals surface area contributed by atoms with Crippen LogP contribution in [0.15, 0.2) is 45.9 Å². The molecule has 1 amide bonds. The Bertz CT molecular complexity index is 473. The minimum Gasteiger partial charge on any atom is -0.294 e. The normalized spacial score (nSPS) is 10.1. The quantitative estimate of drug-likeness (QED) is 0.768. The molecule has 15 heavy (non-hydrogen) atoms. The van der Waals surface area contributed by atoms with Gasteiger partial charge in [-0.25, -0.2) is 4.99 Å². The molecule has 76 valence electrons. The van der Waals surface area contributed by atoms with Crippen molar-refractivity contribution in [2.75, 3.05) is 0 Å². The predicted molar refractivity (Wildman–Crippen MR) is 63.9 cm³/mol. The molecular weight excluding hydrogens is 228 g/mol. The Labute approximate surface area is 95.6 Å². The monoisotopic (exact) mass is 236 g/mol. The highest BCUT2D eigenvalue weighted by molar-refractivity contribution is 7.99. The lowest BCUT2D eigenvalue weighted by Crippen LogP contribution is -1.86. The first-order valence-corrected chi connectivity index (χ1v) is 5.81. The maximum atomic E-state index is 11.2. The van der Waals surface area contributed by atoms with Crippen LogP contribution in [-0.4, -0.2) is 16.6 Å². The van der Waals surface area contributed by atoms with Gasteiger partial charge in [-0.15, -0.1) is 11.3 Å². The van der Waals surface area contributed by atoms with Crippen molar-refractivity contribution in [3.8, 4) is 0 Å². The second-order valence-electron chi connectivity index (χ2n) is 2.72. The van der Waals surface area contributed by atoms with Gasteiger partial charge in [0.25, 0.3) is 5.91 Å². The van der Waals surface area contributed by atoms with Crippen molar-refractivity contribution in [1.29, 1.82) is 0 Å². The summed E-state index contributed by atoms with van der Waals surface area (Å²) < 4.78 is 3.03. The zero-order chi connectivity index (χ0) is 10.7. The Kier molecular flexibility index (Phi) is 3.03. The molecule has 0 aliphatic rings. The summed E-state index contributed by atoms with van der Waals surface area (Å²) in [6.07, 6.45) is 3.91. The summed E-state index contributed by atoms with van der Waals surface area (Å²) in [4.78, 5) is 15.2. The molecule has 0 saturated carbocycles. The van der Waals surface area contributed by atoms with Gasteiger partial charge in [-0.1, -0.05) is 0 Å². The lowest BCUT2D eigenvalue weighted by molar-refractivity contribution is 0.101. The Hall–Kier alpha value is -1.33. The topological polar surface area (TPSA) is 34.4 Å². The van der Waals surface area contributed by atoms with Crippen LogP contribution in [-0.2, 0) is 0 Å². The maximum absolute atomic E-state index is 11.2. The number of hydrogen-bond donors (Lipinski definition) is 0. The Morgan fingerprint density at radius 3 is 2.80 bits per heavy atom. The number of rotatable bonds is 3. The van der Waals surface area contributed by atoms with Crippen molar-refractivity contribution in [1.82, 2.24) is 3.97 Å². The van der Waals surface area contributed by atoms with Crippen molar-refractivity contribution >= 4 is 35.9 Å². The van der Waals surface area contributed by atoms with E-state index in [-0.39, 0.29) is 5.91 Å². The fourth-order valence-corrected chi connectivity index (χ4v) is 2.96. The van der Waals surface area contributed by atoms with Gasteiger partial charge in [0.05, 0.1) is 9.09 Å². The van der Waals surface area contributed by atoms with E-state index >= 15 is 0 Å². The molecule has 5 heteroatoms. The first-order valence-electron chi connectivity index (χ1n) is 4.22. The third-order valence-corrected chi connectivity index (χ3v) is 3.82. The largest absolute Gasteiger partial charge is 0.294 e. The summed E-state index contributed by atoms with van der Waals surface area (Å²) in [5, 5.41) is 0. The zero-order valence-corrected chi connectivity index (χ0v) is 9.42. The summed E-state index contributed by atoms with van der Waals surface area (Å²) >= 11 is 2.99. The van der Waals surface area contributed by atoms with Crippen LogP contribution in [0.4, 0.5) is 0 Å². The number of hydrogen-bond acceptors (Lipinski definition) is 3. The van der Waals surface area contributed by atoms with Crippen LogP contribution in [0.2, 0.25) is 0 Å². The number of aromatic nitrogens is 1. The molecule has 0 N–H and O–H groups in total. The molecule has 0 aliphatic carbocycles. The first kappa shape index (κ1) is 10.2. The van der Waals surface area contributed by atoms with E-state index in [0.717, 1.165) is 4.21 Å². The van der Waals surface area contributed by atoms with Crippen LogP contribution < -0.4 is 0 Å². The molecule has 2 heterocycles. The Morgan fingerprint density at radius 1 is 1.40 bits per heavy atom. The van der Waals surface area contributed by atoms with Crippen molar-refractivity contribution < 1.29 is 4.79 Å². The number of carbonyl (C=O) groups excluding carboxylic acids is 1. The van der Waals surface area contributed by atoms with Crippen LogP contribution in [0.25, 0.3) is 0 Å². The van der Waals surface area contributed by atoms with Gasteiger partial charge in [-0.3, -0.25) is 8.77 Å². The molecule has 3 nitrogen and oxygen atoms in total. The van der Waals surface area contributed by atoms with E-state index in [1.807, 2.05) is 34.6 Å². The molecule has 0 saturated heterocycles. The highest BCUT2D eigenvalue weighted by Gasteiger charge is 2.07. The minimum absolute atomic E-state index is 0.264. The van der Waals surface area contributed by atoms with Crippen LogP contribution in [0, 0.1) is 0 Å². The highest BCUT2D eigenvalue weighted by atomic mass is 32.2. The molecule has 2 aromatic heterocycles. The standard InChI is InChI=1S/C10H8N2OS2/c1-11-10(13)8-4-5-9(14-8)15-12-6-2-3-7-12/h2-7H,1H2. The molecule has 0 unspecified atom stereocenters. The van der Waals surface area contributed by atoms with E-state index in [0.29, 0.717) is 4.88 Å². The summed E-state index contributed by atoms with van der Waals surface area (Å²) in [6.45, 7) is 3.22. The summed E-state index contributed by atoms with van der Waals surface area (Å²) in [6, 6.07) is 7.59. The number of aliphatic imine (C=N–C) groups is 1. The zero-order valence-electron chi connectivity index (χ0n) is 7.79. The SMILES string of the molecule is C=NC(=O)c1ccc(Sn2cccc2)s1. The van der Waals surface area contributed by atoms with Gasteiger partial charge >= 0.3 is 0 Å². The van der Waals surface area contributed by atoms with Crippen LogP contribution in [0.1, 0.15) is 9.67 Å². The lowest BCUT2D eigenvalue weighted by Gasteiger charge is -1.96. The van der Waals surface area contributed by atoms with Gasteiger partial charge in [-0.2, -0.15) is 0 Å². The van der Waals surface area contributed by atoms with Crippen molar-refractivity contribution in [3.63, 3.8) is 0 Å². The van der Waals surface area contributed by atoms with Crippen molar-refractivity contribution in [3.05, 3.63) is 41.5 Å². The molecule has 0 aromatic carbocycles. The average Bonchev–Trinajstić information content (AvgIpc) is 2.88. The first-order chi connectivity index (χ1) is 7.29. The molecule has 0 radical (unpaired) electrons. The fraction of sp³-hybridized carbons (Fsp3) is 0.